The van der Waals surface area contributed by atoms with E-state index in [4.69, 9.17) is 9.47 Å². The summed E-state index contributed by atoms with van der Waals surface area (Å²) >= 11 is 0. The first-order valence-electron chi connectivity index (χ1n) is 9.84. The van der Waals surface area contributed by atoms with Crippen LogP contribution in [0, 0.1) is 0 Å². The van der Waals surface area contributed by atoms with Gasteiger partial charge in [0.05, 0.1) is 7.11 Å². The maximum Gasteiger partial charge on any atom is 0.251 e. The third kappa shape index (κ3) is 4.44. The molecule has 0 atom stereocenters. The van der Waals surface area contributed by atoms with Crippen LogP contribution < -0.4 is 14.8 Å². The van der Waals surface area contributed by atoms with E-state index in [1.54, 1.807) is 19.2 Å². The third-order valence-corrected chi connectivity index (χ3v) is 4.97. The van der Waals surface area contributed by atoms with E-state index in [9.17, 15) is 4.79 Å². The molecule has 0 bridgehead atoms. The van der Waals surface area contributed by atoms with Gasteiger partial charge in [-0.25, -0.2) is 0 Å². The maximum absolute atomic E-state index is 12.6. The number of benzene rings is 4. The number of fused-ring (bicyclic) bond motifs is 1. The van der Waals surface area contributed by atoms with E-state index >= 15 is 0 Å². The van der Waals surface area contributed by atoms with Gasteiger partial charge in [0.1, 0.15) is 18.1 Å². The van der Waals surface area contributed by atoms with Crippen molar-refractivity contribution >= 4 is 16.7 Å². The Morgan fingerprint density at radius 3 is 2.43 bits per heavy atom. The first-order valence-corrected chi connectivity index (χ1v) is 9.84. The SMILES string of the molecule is COc1ccc(C(=O)NCc2ccccc2)cc1COc1cccc2ccccc12. The molecule has 0 aliphatic rings. The van der Waals surface area contributed by atoms with Crippen LogP contribution in [0.5, 0.6) is 11.5 Å². The first-order chi connectivity index (χ1) is 14.7. The minimum Gasteiger partial charge on any atom is -0.496 e. The zero-order valence-corrected chi connectivity index (χ0v) is 16.8. The van der Waals surface area contributed by atoms with Crippen LogP contribution in [0.4, 0.5) is 0 Å². The zero-order valence-electron chi connectivity index (χ0n) is 16.8. The second kappa shape index (κ2) is 9.14. The highest BCUT2D eigenvalue weighted by Gasteiger charge is 2.12. The summed E-state index contributed by atoms with van der Waals surface area (Å²) < 4.78 is 11.6. The predicted molar refractivity (Wildman–Crippen MR) is 119 cm³/mol. The summed E-state index contributed by atoms with van der Waals surface area (Å²) in [4.78, 5) is 12.6. The van der Waals surface area contributed by atoms with Crippen molar-refractivity contribution in [1.29, 1.82) is 0 Å². The van der Waals surface area contributed by atoms with Crippen LogP contribution in [0.2, 0.25) is 0 Å². The van der Waals surface area contributed by atoms with Crippen LogP contribution in [0.25, 0.3) is 10.8 Å². The molecule has 4 aromatic rings. The van der Waals surface area contributed by atoms with Crippen molar-refractivity contribution in [3.63, 3.8) is 0 Å². The summed E-state index contributed by atoms with van der Waals surface area (Å²) in [6, 6.07) is 29.3. The van der Waals surface area contributed by atoms with E-state index in [-0.39, 0.29) is 5.91 Å². The molecule has 0 unspecified atom stereocenters. The molecule has 4 nitrogen and oxygen atoms in total. The normalized spacial score (nSPS) is 10.6. The molecule has 0 aliphatic carbocycles. The molecule has 4 rings (SSSR count). The van der Waals surface area contributed by atoms with E-state index < -0.39 is 0 Å². The second-order valence-corrected chi connectivity index (χ2v) is 6.96. The minimum absolute atomic E-state index is 0.132. The number of carbonyl (C=O) groups is 1. The molecular weight excluding hydrogens is 374 g/mol. The van der Waals surface area contributed by atoms with Crippen molar-refractivity contribution in [3.8, 4) is 11.5 Å². The molecule has 1 amide bonds. The Bertz CT molecular complexity index is 1150. The van der Waals surface area contributed by atoms with Gasteiger partial charge in [0, 0.05) is 23.1 Å². The lowest BCUT2D eigenvalue weighted by molar-refractivity contribution is 0.0950. The molecule has 4 heteroatoms. The molecule has 0 saturated carbocycles. The van der Waals surface area contributed by atoms with Gasteiger partial charge in [-0.1, -0.05) is 66.7 Å². The lowest BCUT2D eigenvalue weighted by Crippen LogP contribution is -2.23. The molecule has 30 heavy (non-hydrogen) atoms. The smallest absolute Gasteiger partial charge is 0.251 e. The molecule has 0 aromatic heterocycles. The fraction of sp³-hybridized carbons (Fsp3) is 0.115. The van der Waals surface area contributed by atoms with Gasteiger partial charge in [-0.2, -0.15) is 0 Å². The number of hydrogen-bond donors (Lipinski definition) is 1. The highest BCUT2D eigenvalue weighted by Crippen LogP contribution is 2.28. The molecule has 0 heterocycles. The Hall–Kier alpha value is -3.79. The zero-order chi connectivity index (χ0) is 20.8. The highest BCUT2D eigenvalue weighted by atomic mass is 16.5. The standard InChI is InChI=1S/C26H23NO3/c1-29-24-15-14-21(26(28)27-17-19-8-3-2-4-9-19)16-22(24)18-30-25-13-7-11-20-10-5-6-12-23(20)25/h2-16H,17-18H2,1H3,(H,27,28). The Morgan fingerprint density at radius 1 is 0.833 bits per heavy atom. The van der Waals surface area contributed by atoms with Crippen molar-refractivity contribution < 1.29 is 14.3 Å². The molecule has 150 valence electrons. The quantitative estimate of drug-likeness (QED) is 0.457. The van der Waals surface area contributed by atoms with Gasteiger partial charge < -0.3 is 14.8 Å². The van der Waals surface area contributed by atoms with Gasteiger partial charge in [-0.15, -0.1) is 0 Å². The minimum atomic E-state index is -0.132. The lowest BCUT2D eigenvalue weighted by Gasteiger charge is -2.13. The van der Waals surface area contributed by atoms with E-state index in [2.05, 4.69) is 17.4 Å². The molecule has 0 aliphatic heterocycles. The molecular formula is C26H23NO3. The number of amides is 1. The van der Waals surface area contributed by atoms with Gasteiger partial charge in [0.25, 0.3) is 5.91 Å². The molecule has 0 spiro atoms. The average Bonchev–Trinajstić information content (AvgIpc) is 2.81. The van der Waals surface area contributed by atoms with Crippen LogP contribution in [-0.2, 0) is 13.2 Å². The summed E-state index contributed by atoms with van der Waals surface area (Å²) in [6.07, 6.45) is 0. The molecule has 0 fully saturated rings. The van der Waals surface area contributed by atoms with Gasteiger partial charge >= 0.3 is 0 Å². The Kier molecular flexibility index (Phi) is 5.95. The van der Waals surface area contributed by atoms with E-state index in [1.165, 1.54) is 0 Å². The second-order valence-electron chi connectivity index (χ2n) is 6.96. The van der Waals surface area contributed by atoms with Crippen LogP contribution in [0.3, 0.4) is 0 Å². The Balaban J connectivity index is 1.50. The number of methoxy groups -OCH3 is 1. The van der Waals surface area contributed by atoms with Crippen LogP contribution in [0.1, 0.15) is 21.5 Å². The van der Waals surface area contributed by atoms with Gasteiger partial charge in [0.15, 0.2) is 0 Å². The average molecular weight is 397 g/mol. The highest BCUT2D eigenvalue weighted by molar-refractivity contribution is 5.94. The van der Waals surface area contributed by atoms with Crippen molar-refractivity contribution in [2.24, 2.45) is 0 Å². The predicted octanol–water partition coefficient (Wildman–Crippen LogP) is 5.36. The van der Waals surface area contributed by atoms with E-state index in [0.717, 1.165) is 27.6 Å². The van der Waals surface area contributed by atoms with E-state index in [1.807, 2.05) is 66.7 Å². The summed E-state index contributed by atoms with van der Waals surface area (Å²) in [5.74, 6) is 1.36. The van der Waals surface area contributed by atoms with Crippen molar-refractivity contribution in [2.75, 3.05) is 7.11 Å². The van der Waals surface area contributed by atoms with Crippen molar-refractivity contribution in [3.05, 3.63) is 108 Å². The first kappa shape index (κ1) is 19.5. The number of carbonyl (C=O) groups excluding carboxylic acids is 1. The largest absolute Gasteiger partial charge is 0.496 e. The van der Waals surface area contributed by atoms with Gasteiger partial charge in [-0.05, 0) is 35.2 Å². The Morgan fingerprint density at radius 2 is 1.60 bits per heavy atom. The fourth-order valence-electron chi connectivity index (χ4n) is 3.39. The maximum atomic E-state index is 12.6. The summed E-state index contributed by atoms with van der Waals surface area (Å²) in [5, 5.41) is 5.13. The van der Waals surface area contributed by atoms with E-state index in [0.29, 0.717) is 24.5 Å². The number of rotatable bonds is 7. The topological polar surface area (TPSA) is 47.6 Å². The van der Waals surface area contributed by atoms with Gasteiger partial charge in [0.2, 0.25) is 0 Å². The van der Waals surface area contributed by atoms with Crippen LogP contribution in [-0.4, -0.2) is 13.0 Å². The fourth-order valence-corrected chi connectivity index (χ4v) is 3.39. The van der Waals surface area contributed by atoms with Crippen molar-refractivity contribution in [2.45, 2.75) is 13.2 Å². The Labute approximate surface area is 176 Å². The third-order valence-electron chi connectivity index (χ3n) is 4.97. The summed E-state index contributed by atoms with van der Waals surface area (Å²) in [7, 11) is 1.62. The number of hydrogen-bond acceptors (Lipinski definition) is 3. The molecule has 4 aromatic carbocycles. The summed E-state index contributed by atoms with van der Waals surface area (Å²) in [5.41, 5.74) is 2.44. The number of ether oxygens (including phenoxy) is 2. The van der Waals surface area contributed by atoms with Crippen LogP contribution >= 0.6 is 0 Å². The molecule has 0 saturated heterocycles. The lowest BCUT2D eigenvalue weighted by atomic mass is 10.1. The monoisotopic (exact) mass is 397 g/mol. The van der Waals surface area contributed by atoms with Crippen LogP contribution in [0.15, 0.2) is 91.0 Å². The van der Waals surface area contributed by atoms with Gasteiger partial charge in [-0.3, -0.25) is 4.79 Å². The number of nitrogens with one attached hydrogen (secondary N) is 1. The molecule has 1 N–H and O–H groups in total. The summed E-state index contributed by atoms with van der Waals surface area (Å²) in [6.45, 7) is 0.782. The molecule has 0 radical (unpaired) electrons. The van der Waals surface area contributed by atoms with Crippen molar-refractivity contribution in [1.82, 2.24) is 5.32 Å².